The lowest BCUT2D eigenvalue weighted by molar-refractivity contribution is -0.274. The van der Waals surface area contributed by atoms with Gasteiger partial charge in [0.1, 0.15) is 11.5 Å². The fourth-order valence-corrected chi connectivity index (χ4v) is 3.59. The molecule has 0 atom stereocenters. The Morgan fingerprint density at radius 1 is 1.04 bits per heavy atom. The number of phenolic OH excluding ortho intramolecular Hbond substituents is 1. The van der Waals surface area contributed by atoms with Gasteiger partial charge in [-0.25, -0.2) is 0 Å². The van der Waals surface area contributed by atoms with Crippen LogP contribution in [0.5, 0.6) is 11.5 Å². The van der Waals surface area contributed by atoms with Gasteiger partial charge < -0.3 is 19.6 Å². The number of halogens is 3. The smallest absolute Gasteiger partial charge is 0.508 e. The van der Waals surface area contributed by atoms with E-state index in [9.17, 15) is 18.3 Å². The van der Waals surface area contributed by atoms with Gasteiger partial charge in [-0.05, 0) is 68.3 Å². The first-order chi connectivity index (χ1) is 12.9. The Morgan fingerprint density at radius 3 is 2.15 bits per heavy atom. The maximum absolute atomic E-state index is 12.3. The summed E-state index contributed by atoms with van der Waals surface area (Å²) in [5, 5.41) is 9.47. The zero-order valence-electron chi connectivity index (χ0n) is 15.1. The number of phenols is 1. The fourth-order valence-electron chi connectivity index (χ4n) is 3.59. The van der Waals surface area contributed by atoms with Gasteiger partial charge in [0.05, 0.1) is 0 Å². The van der Waals surface area contributed by atoms with Crippen LogP contribution in [0, 0.1) is 0 Å². The van der Waals surface area contributed by atoms with Crippen LogP contribution in [0.15, 0.2) is 48.5 Å². The minimum absolute atomic E-state index is 0.203. The molecule has 0 spiro atoms. The molecule has 4 nitrogen and oxygen atoms in total. The number of anilines is 2. The van der Waals surface area contributed by atoms with Crippen LogP contribution < -0.4 is 14.5 Å². The Balaban J connectivity index is 1.60. The predicted molar refractivity (Wildman–Crippen MR) is 99.5 cm³/mol. The molecular formula is C20H23F3N2O2. The van der Waals surface area contributed by atoms with Crippen molar-refractivity contribution in [1.29, 1.82) is 0 Å². The molecule has 1 aliphatic rings. The monoisotopic (exact) mass is 380 g/mol. The number of rotatable bonds is 5. The molecule has 7 heteroatoms. The van der Waals surface area contributed by atoms with Crippen molar-refractivity contribution in [3.63, 3.8) is 0 Å². The van der Waals surface area contributed by atoms with Gasteiger partial charge in [0.25, 0.3) is 0 Å². The highest BCUT2D eigenvalue weighted by atomic mass is 19.4. The van der Waals surface area contributed by atoms with E-state index in [0.717, 1.165) is 43.9 Å². The van der Waals surface area contributed by atoms with E-state index in [1.54, 1.807) is 24.3 Å². The third-order valence-corrected chi connectivity index (χ3v) is 4.86. The summed E-state index contributed by atoms with van der Waals surface area (Å²) < 4.78 is 40.7. The molecular weight excluding hydrogens is 357 g/mol. The summed E-state index contributed by atoms with van der Waals surface area (Å²) in [6.07, 6.45) is -2.76. The molecule has 3 rings (SSSR count). The third kappa shape index (κ3) is 4.99. The number of ether oxygens (including phenoxy) is 1. The normalized spacial score (nSPS) is 15.6. The second-order valence-electron chi connectivity index (χ2n) is 6.56. The standard InChI is InChI=1S/C20H23F3N2O2/c1-2-25(16-3-7-18(26)8-4-16)17-11-13-24(14-12-17)15-5-9-19(10-6-15)27-20(21,22)23/h3-10,17,26H,2,11-14H2,1H3. The van der Waals surface area contributed by atoms with Gasteiger partial charge in [-0.1, -0.05) is 0 Å². The van der Waals surface area contributed by atoms with Crippen molar-refractivity contribution in [2.75, 3.05) is 29.4 Å². The molecule has 2 aromatic carbocycles. The third-order valence-electron chi connectivity index (χ3n) is 4.86. The summed E-state index contributed by atoms with van der Waals surface area (Å²) >= 11 is 0. The van der Waals surface area contributed by atoms with Gasteiger partial charge in [0, 0.05) is 37.1 Å². The number of piperidine rings is 1. The van der Waals surface area contributed by atoms with Crippen LogP contribution in [-0.4, -0.2) is 37.1 Å². The summed E-state index contributed by atoms with van der Waals surface area (Å²) in [7, 11) is 0. The van der Waals surface area contributed by atoms with Crippen LogP contribution in [-0.2, 0) is 0 Å². The van der Waals surface area contributed by atoms with E-state index in [1.165, 1.54) is 12.1 Å². The fraction of sp³-hybridized carbons (Fsp3) is 0.400. The highest BCUT2D eigenvalue weighted by Gasteiger charge is 2.31. The Kier molecular flexibility index (Phi) is 5.68. The summed E-state index contributed by atoms with van der Waals surface area (Å²) in [5.74, 6) is 0.0493. The van der Waals surface area contributed by atoms with Gasteiger partial charge in [0.15, 0.2) is 0 Å². The van der Waals surface area contributed by atoms with Gasteiger partial charge >= 0.3 is 6.36 Å². The molecule has 1 N–H and O–H groups in total. The predicted octanol–water partition coefficient (Wildman–Crippen LogP) is 4.79. The lowest BCUT2D eigenvalue weighted by Gasteiger charge is -2.40. The number of hydrogen-bond donors (Lipinski definition) is 1. The van der Waals surface area contributed by atoms with E-state index in [0.29, 0.717) is 6.04 Å². The number of nitrogens with zero attached hydrogens (tertiary/aromatic N) is 2. The van der Waals surface area contributed by atoms with Crippen LogP contribution in [0.2, 0.25) is 0 Å². The van der Waals surface area contributed by atoms with Crippen LogP contribution >= 0.6 is 0 Å². The summed E-state index contributed by atoms with van der Waals surface area (Å²) in [5.41, 5.74) is 1.98. The molecule has 0 aromatic heterocycles. The van der Waals surface area contributed by atoms with Crippen molar-refractivity contribution in [1.82, 2.24) is 0 Å². The van der Waals surface area contributed by atoms with E-state index >= 15 is 0 Å². The first-order valence-electron chi connectivity index (χ1n) is 9.02. The molecule has 146 valence electrons. The Bertz CT molecular complexity index is 724. The molecule has 0 bridgehead atoms. The van der Waals surface area contributed by atoms with E-state index < -0.39 is 6.36 Å². The zero-order valence-corrected chi connectivity index (χ0v) is 15.1. The average molecular weight is 380 g/mol. The highest BCUT2D eigenvalue weighted by Crippen LogP contribution is 2.29. The Hall–Kier alpha value is -2.57. The van der Waals surface area contributed by atoms with Gasteiger partial charge in [0.2, 0.25) is 0 Å². The molecule has 0 amide bonds. The molecule has 1 heterocycles. The van der Waals surface area contributed by atoms with Crippen LogP contribution in [0.4, 0.5) is 24.5 Å². The number of aromatic hydroxyl groups is 1. The topological polar surface area (TPSA) is 35.9 Å². The maximum atomic E-state index is 12.3. The first kappa shape index (κ1) is 19.2. The zero-order chi connectivity index (χ0) is 19.4. The van der Waals surface area contributed by atoms with Gasteiger partial charge in [-0.15, -0.1) is 13.2 Å². The SMILES string of the molecule is CCN(c1ccc(O)cc1)C1CCN(c2ccc(OC(F)(F)F)cc2)CC1. The summed E-state index contributed by atoms with van der Waals surface area (Å²) in [6.45, 7) is 4.65. The molecule has 27 heavy (non-hydrogen) atoms. The molecule has 0 unspecified atom stereocenters. The molecule has 0 saturated carbocycles. The first-order valence-corrected chi connectivity index (χ1v) is 9.02. The van der Waals surface area contributed by atoms with E-state index in [4.69, 9.17) is 0 Å². The quantitative estimate of drug-likeness (QED) is 0.809. The van der Waals surface area contributed by atoms with Crippen LogP contribution in [0.25, 0.3) is 0 Å². The van der Waals surface area contributed by atoms with Gasteiger partial charge in [-0.2, -0.15) is 0 Å². The summed E-state index contributed by atoms with van der Waals surface area (Å²) in [4.78, 5) is 4.51. The summed E-state index contributed by atoms with van der Waals surface area (Å²) in [6, 6.07) is 13.7. The molecule has 0 aliphatic carbocycles. The lowest BCUT2D eigenvalue weighted by atomic mass is 10.0. The second-order valence-corrected chi connectivity index (χ2v) is 6.56. The lowest BCUT2D eigenvalue weighted by Crippen LogP contribution is -2.45. The Labute approximate surface area is 156 Å². The number of hydrogen-bond acceptors (Lipinski definition) is 4. The van der Waals surface area contributed by atoms with Crippen molar-refractivity contribution in [3.8, 4) is 11.5 Å². The second kappa shape index (κ2) is 7.98. The van der Waals surface area contributed by atoms with Crippen molar-refractivity contribution >= 4 is 11.4 Å². The van der Waals surface area contributed by atoms with E-state index in [2.05, 4.69) is 21.5 Å². The largest absolute Gasteiger partial charge is 0.573 e. The minimum atomic E-state index is -4.67. The number of benzene rings is 2. The molecule has 0 radical (unpaired) electrons. The van der Waals surface area contributed by atoms with E-state index in [1.807, 2.05) is 12.1 Å². The van der Waals surface area contributed by atoms with Crippen molar-refractivity contribution in [2.45, 2.75) is 32.2 Å². The van der Waals surface area contributed by atoms with Gasteiger partial charge in [-0.3, -0.25) is 0 Å². The Morgan fingerprint density at radius 2 is 1.63 bits per heavy atom. The molecule has 1 saturated heterocycles. The van der Waals surface area contributed by atoms with Crippen molar-refractivity contribution in [2.24, 2.45) is 0 Å². The molecule has 1 fully saturated rings. The van der Waals surface area contributed by atoms with Crippen LogP contribution in [0.1, 0.15) is 19.8 Å². The van der Waals surface area contributed by atoms with Crippen LogP contribution in [0.3, 0.4) is 0 Å². The van der Waals surface area contributed by atoms with Crippen molar-refractivity contribution < 1.29 is 23.0 Å². The highest BCUT2D eigenvalue weighted by molar-refractivity contribution is 5.52. The van der Waals surface area contributed by atoms with Crippen molar-refractivity contribution in [3.05, 3.63) is 48.5 Å². The molecule has 1 aliphatic heterocycles. The minimum Gasteiger partial charge on any atom is -0.508 e. The maximum Gasteiger partial charge on any atom is 0.573 e. The average Bonchev–Trinajstić information content (AvgIpc) is 2.64. The number of alkyl halides is 3. The van der Waals surface area contributed by atoms with E-state index in [-0.39, 0.29) is 11.5 Å². The molecule has 2 aromatic rings.